The van der Waals surface area contributed by atoms with Crippen LogP contribution in [0, 0.1) is 17.2 Å². The predicted octanol–water partition coefficient (Wildman–Crippen LogP) is 4.34. The summed E-state index contributed by atoms with van der Waals surface area (Å²) in [5.74, 6) is 1.62. The van der Waals surface area contributed by atoms with Crippen molar-refractivity contribution >= 4 is 0 Å². The monoisotopic (exact) mass is 355 g/mol. The highest BCUT2D eigenvalue weighted by Gasteiger charge is 2.46. The maximum atomic E-state index is 9.22. The standard InChI is InChI=1S/C23H21N3O/c24-16-18-5-7-19(8-6-18)23(15-17-9-13-27-14-10-17)21-4-2-1-3-20(21)22-25-11-12-26(22)23/h1-8,11-12,17H,9-10,13-15H2/t23-/m1/s1. The quantitative estimate of drug-likeness (QED) is 0.702. The number of aromatic nitrogens is 2. The van der Waals surface area contributed by atoms with Gasteiger partial charge in [0.05, 0.1) is 17.2 Å². The van der Waals surface area contributed by atoms with Crippen molar-refractivity contribution in [2.75, 3.05) is 13.2 Å². The highest BCUT2D eigenvalue weighted by atomic mass is 16.5. The molecule has 0 unspecified atom stereocenters. The number of benzene rings is 2. The molecule has 4 nitrogen and oxygen atoms in total. The number of nitrogens with zero attached hydrogens (tertiary/aromatic N) is 3. The lowest BCUT2D eigenvalue weighted by molar-refractivity contribution is 0.0566. The number of fused-ring (bicyclic) bond motifs is 3. The number of imidazole rings is 1. The van der Waals surface area contributed by atoms with Gasteiger partial charge in [0.15, 0.2) is 0 Å². The zero-order chi connectivity index (χ0) is 18.3. The molecule has 0 aliphatic carbocycles. The molecule has 0 spiro atoms. The van der Waals surface area contributed by atoms with E-state index in [1.165, 1.54) is 16.7 Å². The van der Waals surface area contributed by atoms with Crippen molar-refractivity contribution in [3.05, 3.63) is 77.6 Å². The summed E-state index contributed by atoms with van der Waals surface area (Å²) in [5.41, 5.74) is 4.15. The van der Waals surface area contributed by atoms with E-state index >= 15 is 0 Å². The van der Waals surface area contributed by atoms with Gasteiger partial charge >= 0.3 is 0 Å². The Bertz CT molecular complexity index is 1010. The molecule has 4 heteroatoms. The van der Waals surface area contributed by atoms with Crippen LogP contribution >= 0.6 is 0 Å². The van der Waals surface area contributed by atoms with Crippen molar-refractivity contribution in [3.63, 3.8) is 0 Å². The summed E-state index contributed by atoms with van der Waals surface area (Å²) in [6, 6.07) is 18.9. The van der Waals surface area contributed by atoms with Crippen LogP contribution in [0.15, 0.2) is 60.9 Å². The van der Waals surface area contributed by atoms with Gasteiger partial charge in [0.1, 0.15) is 5.82 Å². The zero-order valence-electron chi connectivity index (χ0n) is 15.1. The first kappa shape index (κ1) is 16.3. The number of hydrogen-bond donors (Lipinski definition) is 0. The lowest BCUT2D eigenvalue weighted by Gasteiger charge is -2.38. The van der Waals surface area contributed by atoms with E-state index in [4.69, 9.17) is 4.74 Å². The van der Waals surface area contributed by atoms with Gasteiger partial charge < -0.3 is 9.30 Å². The first-order valence-corrected chi connectivity index (χ1v) is 9.55. The molecule has 1 atom stereocenters. The van der Waals surface area contributed by atoms with Crippen LogP contribution < -0.4 is 0 Å². The Morgan fingerprint density at radius 1 is 1.11 bits per heavy atom. The Kier molecular flexibility index (Phi) is 3.84. The third-order valence-corrected chi connectivity index (χ3v) is 6.08. The fraction of sp³-hybridized carbons (Fsp3) is 0.304. The molecule has 0 bridgehead atoms. The van der Waals surface area contributed by atoms with Crippen LogP contribution in [0.2, 0.25) is 0 Å². The molecule has 0 amide bonds. The van der Waals surface area contributed by atoms with Crippen molar-refractivity contribution in [3.8, 4) is 17.5 Å². The van der Waals surface area contributed by atoms with Crippen LogP contribution in [0.4, 0.5) is 0 Å². The van der Waals surface area contributed by atoms with E-state index in [1.807, 2.05) is 18.3 Å². The van der Waals surface area contributed by atoms with Crippen LogP contribution in [-0.4, -0.2) is 22.8 Å². The molecule has 0 saturated carbocycles. The normalized spacial score (nSPS) is 21.4. The van der Waals surface area contributed by atoms with Gasteiger partial charge in [-0.1, -0.05) is 36.4 Å². The molecule has 2 aliphatic rings. The predicted molar refractivity (Wildman–Crippen MR) is 103 cm³/mol. The smallest absolute Gasteiger partial charge is 0.141 e. The average molecular weight is 355 g/mol. The Hall–Kier alpha value is -2.90. The Morgan fingerprint density at radius 3 is 2.67 bits per heavy atom. The molecule has 1 aromatic heterocycles. The van der Waals surface area contributed by atoms with Gasteiger partial charge in [-0.15, -0.1) is 0 Å². The van der Waals surface area contributed by atoms with E-state index in [0.717, 1.165) is 38.3 Å². The van der Waals surface area contributed by atoms with Crippen LogP contribution in [0.5, 0.6) is 0 Å². The van der Waals surface area contributed by atoms with Gasteiger partial charge in [-0.25, -0.2) is 4.98 Å². The van der Waals surface area contributed by atoms with Crippen LogP contribution in [0.25, 0.3) is 11.4 Å². The molecule has 2 aromatic carbocycles. The lowest BCUT2D eigenvalue weighted by Crippen LogP contribution is -2.36. The largest absolute Gasteiger partial charge is 0.381 e. The molecular formula is C23H21N3O. The first-order chi connectivity index (χ1) is 13.3. The number of ether oxygens (including phenoxy) is 1. The number of nitriles is 1. The fourth-order valence-corrected chi connectivity index (χ4v) is 4.79. The number of rotatable bonds is 3. The van der Waals surface area contributed by atoms with Gasteiger partial charge in [-0.2, -0.15) is 5.26 Å². The summed E-state index contributed by atoms with van der Waals surface area (Å²) in [7, 11) is 0. The van der Waals surface area contributed by atoms with Gasteiger partial charge in [-0.3, -0.25) is 0 Å². The van der Waals surface area contributed by atoms with Crippen molar-refractivity contribution in [2.24, 2.45) is 5.92 Å². The van der Waals surface area contributed by atoms with Crippen molar-refractivity contribution in [2.45, 2.75) is 24.8 Å². The zero-order valence-corrected chi connectivity index (χ0v) is 15.1. The highest BCUT2D eigenvalue weighted by molar-refractivity contribution is 5.71. The van der Waals surface area contributed by atoms with Gasteiger partial charge in [-0.05, 0) is 48.4 Å². The van der Waals surface area contributed by atoms with Gasteiger partial charge in [0.2, 0.25) is 0 Å². The van der Waals surface area contributed by atoms with E-state index in [-0.39, 0.29) is 5.54 Å². The third-order valence-electron chi connectivity index (χ3n) is 6.08. The van der Waals surface area contributed by atoms with Crippen LogP contribution in [-0.2, 0) is 10.3 Å². The summed E-state index contributed by atoms with van der Waals surface area (Å²) in [6.07, 6.45) is 7.19. The van der Waals surface area contributed by atoms with E-state index in [9.17, 15) is 5.26 Å². The molecule has 0 radical (unpaired) electrons. The SMILES string of the molecule is N#Cc1ccc([C@]2(CC3CCOCC3)c3ccccc3-c3nccn32)cc1. The summed E-state index contributed by atoms with van der Waals surface area (Å²) in [5, 5.41) is 9.22. The molecule has 0 N–H and O–H groups in total. The van der Waals surface area contributed by atoms with Crippen LogP contribution in [0.3, 0.4) is 0 Å². The summed E-state index contributed by atoms with van der Waals surface area (Å²) < 4.78 is 7.94. The topological polar surface area (TPSA) is 50.8 Å². The second-order valence-electron chi connectivity index (χ2n) is 7.48. The van der Waals surface area contributed by atoms with E-state index in [1.54, 1.807) is 0 Å². The minimum atomic E-state index is -0.279. The summed E-state index contributed by atoms with van der Waals surface area (Å²) in [6.45, 7) is 1.68. The molecule has 1 fully saturated rings. The number of hydrogen-bond acceptors (Lipinski definition) is 3. The Morgan fingerprint density at radius 2 is 1.89 bits per heavy atom. The van der Waals surface area contributed by atoms with Crippen molar-refractivity contribution in [1.29, 1.82) is 5.26 Å². The molecule has 3 aromatic rings. The second-order valence-corrected chi connectivity index (χ2v) is 7.48. The molecule has 5 rings (SSSR count). The minimum absolute atomic E-state index is 0.279. The Balaban J connectivity index is 1.72. The van der Waals surface area contributed by atoms with E-state index < -0.39 is 0 Å². The van der Waals surface area contributed by atoms with Crippen molar-refractivity contribution in [1.82, 2.24) is 9.55 Å². The molecule has 1 saturated heterocycles. The van der Waals surface area contributed by atoms with Crippen molar-refractivity contribution < 1.29 is 4.74 Å². The molecular weight excluding hydrogens is 334 g/mol. The Labute approximate surface area is 159 Å². The summed E-state index contributed by atoms with van der Waals surface area (Å²) >= 11 is 0. The highest BCUT2D eigenvalue weighted by Crippen LogP contribution is 2.51. The lowest BCUT2D eigenvalue weighted by atomic mass is 9.74. The maximum Gasteiger partial charge on any atom is 0.141 e. The fourth-order valence-electron chi connectivity index (χ4n) is 4.79. The molecule has 3 heterocycles. The molecule has 2 aliphatic heterocycles. The third kappa shape index (κ3) is 2.43. The second kappa shape index (κ2) is 6.37. The van der Waals surface area contributed by atoms with E-state index in [0.29, 0.717) is 11.5 Å². The minimum Gasteiger partial charge on any atom is -0.381 e. The average Bonchev–Trinajstić information content (AvgIpc) is 3.31. The van der Waals surface area contributed by atoms with Crippen LogP contribution in [0.1, 0.15) is 36.0 Å². The van der Waals surface area contributed by atoms with E-state index in [2.05, 4.69) is 58.2 Å². The van der Waals surface area contributed by atoms with Gasteiger partial charge in [0, 0.05) is 31.2 Å². The maximum absolute atomic E-state index is 9.22. The molecule has 134 valence electrons. The first-order valence-electron chi connectivity index (χ1n) is 9.55. The molecule has 27 heavy (non-hydrogen) atoms. The van der Waals surface area contributed by atoms with Gasteiger partial charge in [0.25, 0.3) is 0 Å². The summed E-state index contributed by atoms with van der Waals surface area (Å²) in [4.78, 5) is 4.67.